The molecule has 0 fully saturated rings. The van der Waals surface area contributed by atoms with E-state index in [1.807, 2.05) is 47.9 Å². The summed E-state index contributed by atoms with van der Waals surface area (Å²) in [5.74, 6) is 1.66. The van der Waals surface area contributed by atoms with E-state index in [4.69, 9.17) is 9.47 Å². The molecule has 1 atom stereocenters. The van der Waals surface area contributed by atoms with Gasteiger partial charge in [0.15, 0.2) is 6.21 Å². The van der Waals surface area contributed by atoms with E-state index >= 15 is 0 Å². The molecule has 2 aliphatic heterocycles. The summed E-state index contributed by atoms with van der Waals surface area (Å²) in [6.07, 6.45) is 3.98. The van der Waals surface area contributed by atoms with Gasteiger partial charge in [-0.05, 0) is 25.1 Å². The number of halogens is 1. The molecule has 0 aliphatic carbocycles. The van der Waals surface area contributed by atoms with E-state index in [2.05, 4.69) is 0 Å². The van der Waals surface area contributed by atoms with E-state index in [1.54, 1.807) is 14.2 Å². The van der Waals surface area contributed by atoms with Crippen molar-refractivity contribution in [3.05, 3.63) is 29.0 Å². The summed E-state index contributed by atoms with van der Waals surface area (Å²) in [6.45, 7) is 2.41. The van der Waals surface area contributed by atoms with Gasteiger partial charge in [0.25, 0.3) is 5.91 Å². The van der Waals surface area contributed by atoms with Crippen LogP contribution in [0.15, 0.2) is 17.8 Å². The van der Waals surface area contributed by atoms with Crippen molar-refractivity contribution in [3.63, 3.8) is 0 Å². The molecular formula is C16H19IN2O3. The second-order valence-electron chi connectivity index (χ2n) is 5.35. The number of benzene rings is 1. The highest BCUT2D eigenvalue weighted by Gasteiger charge is 2.37. The van der Waals surface area contributed by atoms with E-state index in [0.29, 0.717) is 6.54 Å². The lowest BCUT2D eigenvalue weighted by molar-refractivity contribution is -0.484. The van der Waals surface area contributed by atoms with Crippen molar-refractivity contribution in [2.75, 3.05) is 27.8 Å². The van der Waals surface area contributed by atoms with E-state index in [0.717, 1.165) is 28.3 Å². The van der Waals surface area contributed by atoms with Crippen molar-refractivity contribution in [2.24, 2.45) is 0 Å². The van der Waals surface area contributed by atoms with Crippen LogP contribution in [0.3, 0.4) is 0 Å². The van der Waals surface area contributed by atoms with Gasteiger partial charge in [-0.25, -0.2) is 4.58 Å². The number of hydrogen-bond donors (Lipinski definition) is 0. The lowest BCUT2D eigenvalue weighted by Gasteiger charge is -2.36. The van der Waals surface area contributed by atoms with Crippen molar-refractivity contribution in [1.29, 1.82) is 0 Å². The van der Waals surface area contributed by atoms with Gasteiger partial charge in [-0.15, -0.1) is 0 Å². The number of amides is 1. The van der Waals surface area contributed by atoms with Gasteiger partial charge in [-0.1, -0.05) is 0 Å². The molecule has 5 nitrogen and oxygen atoms in total. The molecule has 1 unspecified atom stereocenters. The topological polar surface area (TPSA) is 41.8 Å². The van der Waals surface area contributed by atoms with Gasteiger partial charge in [0.2, 0.25) is 6.54 Å². The molecule has 1 aromatic rings. The Morgan fingerprint density at radius 1 is 1.23 bits per heavy atom. The van der Waals surface area contributed by atoms with Gasteiger partial charge in [-0.3, -0.25) is 9.69 Å². The number of fused-ring (bicyclic) bond motifs is 2. The van der Waals surface area contributed by atoms with Crippen molar-refractivity contribution < 1.29 is 42.8 Å². The summed E-state index contributed by atoms with van der Waals surface area (Å²) in [6, 6.07) is 3.70. The minimum atomic E-state index is -0.0810. The van der Waals surface area contributed by atoms with Gasteiger partial charge in [0.1, 0.15) is 24.2 Å². The van der Waals surface area contributed by atoms with Gasteiger partial charge >= 0.3 is 0 Å². The number of methoxy groups -OCH3 is 2. The van der Waals surface area contributed by atoms with E-state index in [1.165, 1.54) is 0 Å². The first-order valence-corrected chi connectivity index (χ1v) is 6.90. The van der Waals surface area contributed by atoms with Gasteiger partial charge in [0, 0.05) is 11.1 Å². The summed E-state index contributed by atoms with van der Waals surface area (Å²) in [5.41, 5.74) is 2.86. The van der Waals surface area contributed by atoms with Crippen LogP contribution in [0, 0.1) is 0 Å². The average molecular weight is 414 g/mol. The van der Waals surface area contributed by atoms with Gasteiger partial charge in [-0.2, -0.15) is 0 Å². The molecule has 1 amide bonds. The molecule has 3 rings (SSSR count). The number of carbonyl (C=O) groups is 1. The number of likely N-dealkylation sites (N-methyl/N-ethyl adjacent to an activating group) is 1. The Labute approximate surface area is 147 Å². The summed E-state index contributed by atoms with van der Waals surface area (Å²) >= 11 is 0. The Hall–Kier alpha value is -1.57. The Morgan fingerprint density at radius 3 is 2.50 bits per heavy atom. The van der Waals surface area contributed by atoms with Crippen molar-refractivity contribution >= 4 is 18.2 Å². The summed E-state index contributed by atoms with van der Waals surface area (Å²) in [5, 5.41) is 0. The van der Waals surface area contributed by atoms with Crippen LogP contribution in [0.2, 0.25) is 0 Å². The van der Waals surface area contributed by atoms with E-state index in [9.17, 15) is 4.79 Å². The zero-order chi connectivity index (χ0) is 15.1. The molecule has 0 aromatic heterocycles. The van der Waals surface area contributed by atoms with Gasteiger partial charge < -0.3 is 33.5 Å². The zero-order valence-corrected chi connectivity index (χ0v) is 15.2. The second kappa shape index (κ2) is 6.28. The standard InChI is InChI=1S/C16H19N2O3.HI/c1-10-16-12(13(20-3)5-6-14(16)21-4)7-11-8-17(2)9-15(19)18(10)11;/h5-8,10H,9H2,1-4H3;1H/q+1;/p-1. The van der Waals surface area contributed by atoms with Crippen LogP contribution in [0.4, 0.5) is 0 Å². The maximum Gasteiger partial charge on any atom is 0.293 e. The Kier molecular flexibility index (Phi) is 4.79. The van der Waals surface area contributed by atoms with Gasteiger partial charge in [0.05, 0.1) is 20.3 Å². The number of hydrogen-bond acceptors (Lipinski definition) is 3. The minimum Gasteiger partial charge on any atom is -1.00 e. The molecule has 0 saturated carbocycles. The maximum atomic E-state index is 12.4. The summed E-state index contributed by atoms with van der Waals surface area (Å²) in [4.78, 5) is 14.2. The summed E-state index contributed by atoms with van der Waals surface area (Å²) < 4.78 is 12.8. The van der Waals surface area contributed by atoms with Crippen molar-refractivity contribution in [3.8, 4) is 11.5 Å². The van der Waals surface area contributed by atoms with Crippen LogP contribution in [0.5, 0.6) is 11.5 Å². The highest BCUT2D eigenvalue weighted by molar-refractivity contribution is 5.96. The first kappa shape index (κ1) is 16.8. The van der Waals surface area contributed by atoms with Crippen molar-refractivity contribution in [2.45, 2.75) is 13.0 Å². The van der Waals surface area contributed by atoms with Crippen LogP contribution in [-0.4, -0.2) is 49.4 Å². The molecule has 0 radical (unpaired) electrons. The van der Waals surface area contributed by atoms with Crippen LogP contribution >= 0.6 is 0 Å². The summed E-state index contributed by atoms with van der Waals surface area (Å²) in [7, 11) is 5.20. The molecule has 118 valence electrons. The highest BCUT2D eigenvalue weighted by atomic mass is 127. The fourth-order valence-corrected chi connectivity index (χ4v) is 3.12. The molecule has 0 saturated heterocycles. The largest absolute Gasteiger partial charge is 1.00 e. The first-order chi connectivity index (χ1) is 10.1. The third-order valence-corrected chi connectivity index (χ3v) is 4.03. The number of carbonyl (C=O) groups excluding carboxylic acids is 1. The number of rotatable bonds is 2. The third-order valence-electron chi connectivity index (χ3n) is 4.03. The predicted molar refractivity (Wildman–Crippen MR) is 79.9 cm³/mol. The second-order valence-corrected chi connectivity index (χ2v) is 5.35. The quantitative estimate of drug-likeness (QED) is 0.446. The SMILES string of the molecule is COc1ccc(OC)c2c1C=C1C=[N+](C)CC(=O)N1C2C.[I-]. The van der Waals surface area contributed by atoms with Crippen LogP contribution in [0.25, 0.3) is 6.08 Å². The molecule has 2 aliphatic rings. The van der Waals surface area contributed by atoms with Crippen LogP contribution < -0.4 is 33.5 Å². The molecule has 0 bridgehead atoms. The Bertz CT molecular complexity index is 682. The first-order valence-electron chi connectivity index (χ1n) is 6.90. The number of allylic oxidation sites excluding steroid dienone is 1. The molecule has 1 aromatic carbocycles. The fourth-order valence-electron chi connectivity index (χ4n) is 3.12. The third kappa shape index (κ3) is 2.49. The van der Waals surface area contributed by atoms with Crippen molar-refractivity contribution in [1.82, 2.24) is 4.90 Å². The number of nitrogens with zero attached hydrogens (tertiary/aromatic N) is 2. The molecule has 6 heteroatoms. The normalized spacial score (nSPS) is 19.4. The Balaban J connectivity index is 0.00000176. The number of ether oxygens (including phenoxy) is 2. The lowest BCUT2D eigenvalue weighted by atomic mass is 9.92. The zero-order valence-electron chi connectivity index (χ0n) is 13.1. The molecule has 0 N–H and O–H groups in total. The highest BCUT2D eigenvalue weighted by Crippen LogP contribution is 2.43. The van der Waals surface area contributed by atoms with E-state index in [-0.39, 0.29) is 35.9 Å². The average Bonchev–Trinajstić information content (AvgIpc) is 2.45. The predicted octanol–water partition coefficient (Wildman–Crippen LogP) is -1.32. The molecule has 0 spiro atoms. The minimum absolute atomic E-state index is 0. The van der Waals surface area contributed by atoms with E-state index < -0.39 is 0 Å². The maximum absolute atomic E-state index is 12.4. The smallest absolute Gasteiger partial charge is 0.293 e. The molecule has 22 heavy (non-hydrogen) atoms. The fraction of sp³-hybridized carbons (Fsp3) is 0.375. The van der Waals surface area contributed by atoms with Crippen LogP contribution in [0.1, 0.15) is 24.1 Å². The Morgan fingerprint density at radius 2 is 1.86 bits per heavy atom. The van der Waals surface area contributed by atoms with Crippen LogP contribution in [-0.2, 0) is 4.79 Å². The molecule has 2 heterocycles. The monoisotopic (exact) mass is 414 g/mol. The molecular weight excluding hydrogens is 395 g/mol. The lowest BCUT2D eigenvalue weighted by Crippen LogP contribution is -3.00.